The third kappa shape index (κ3) is 3.07. The molecular formula is C16H21N3OS. The van der Waals surface area contributed by atoms with E-state index in [4.69, 9.17) is 4.98 Å². The van der Waals surface area contributed by atoms with Gasteiger partial charge in [-0.3, -0.25) is 4.79 Å². The number of nitrogens with one attached hydrogen (secondary N) is 1. The number of hydrogen-bond acceptors (Lipinski definition) is 3. The smallest absolute Gasteiger partial charge is 0.232 e. The maximum atomic E-state index is 12.1. The van der Waals surface area contributed by atoms with E-state index in [1.54, 1.807) is 11.8 Å². The summed E-state index contributed by atoms with van der Waals surface area (Å²) in [4.78, 5) is 22.2. The minimum absolute atomic E-state index is 0.249. The van der Waals surface area contributed by atoms with Gasteiger partial charge in [0, 0.05) is 19.0 Å². The number of carbonyl (C=O) groups is 1. The normalized spacial score (nSPS) is 19.1. The zero-order chi connectivity index (χ0) is 14.8. The van der Waals surface area contributed by atoms with Crippen LogP contribution >= 0.6 is 11.8 Å². The Bertz CT molecular complexity index is 652. The van der Waals surface area contributed by atoms with Crippen molar-refractivity contribution in [2.75, 3.05) is 25.1 Å². The minimum Gasteiger partial charge on any atom is -0.342 e. The molecular weight excluding hydrogens is 282 g/mol. The van der Waals surface area contributed by atoms with Gasteiger partial charge in [0.2, 0.25) is 5.91 Å². The van der Waals surface area contributed by atoms with Gasteiger partial charge in [-0.2, -0.15) is 11.8 Å². The van der Waals surface area contributed by atoms with E-state index in [0.29, 0.717) is 11.7 Å². The van der Waals surface area contributed by atoms with Gasteiger partial charge in [0.25, 0.3) is 0 Å². The predicted molar refractivity (Wildman–Crippen MR) is 87.8 cm³/mol. The lowest BCUT2D eigenvalue weighted by molar-refractivity contribution is -0.129. The second kappa shape index (κ2) is 6.10. The number of benzene rings is 1. The zero-order valence-corrected chi connectivity index (χ0v) is 13.4. The molecule has 21 heavy (non-hydrogen) atoms. The van der Waals surface area contributed by atoms with Crippen molar-refractivity contribution in [1.82, 2.24) is 14.9 Å². The summed E-state index contributed by atoms with van der Waals surface area (Å²) in [6.45, 7) is 3.76. The maximum absolute atomic E-state index is 12.1. The van der Waals surface area contributed by atoms with Crippen molar-refractivity contribution in [3.63, 3.8) is 0 Å². The third-order valence-electron chi connectivity index (χ3n) is 4.08. The number of fused-ring (bicyclic) bond motifs is 1. The van der Waals surface area contributed by atoms with Gasteiger partial charge in [-0.15, -0.1) is 0 Å². The van der Waals surface area contributed by atoms with Crippen LogP contribution in [-0.2, 0) is 4.79 Å². The summed E-state index contributed by atoms with van der Waals surface area (Å²) < 4.78 is 0. The Morgan fingerprint density at radius 2 is 2.38 bits per heavy atom. The molecule has 0 saturated carbocycles. The number of amides is 1. The van der Waals surface area contributed by atoms with E-state index in [0.717, 1.165) is 42.8 Å². The molecule has 5 heteroatoms. The molecule has 1 aliphatic heterocycles. The molecule has 2 aromatic rings. The highest BCUT2D eigenvalue weighted by atomic mass is 32.2. The number of nitrogens with zero attached hydrogens (tertiary/aromatic N) is 2. The lowest BCUT2D eigenvalue weighted by Crippen LogP contribution is -2.40. The van der Waals surface area contributed by atoms with Crippen molar-refractivity contribution in [1.29, 1.82) is 0 Å². The number of aryl methyl sites for hydroxylation is 1. The molecule has 0 unspecified atom stereocenters. The van der Waals surface area contributed by atoms with Crippen molar-refractivity contribution >= 4 is 28.7 Å². The van der Waals surface area contributed by atoms with Crippen molar-refractivity contribution in [3.8, 4) is 0 Å². The first kappa shape index (κ1) is 14.4. The fourth-order valence-electron chi connectivity index (χ4n) is 2.98. The number of hydrogen-bond donors (Lipinski definition) is 1. The first-order chi connectivity index (χ1) is 10.2. The van der Waals surface area contributed by atoms with Crippen molar-refractivity contribution in [2.24, 2.45) is 0 Å². The molecule has 1 aromatic heterocycles. The predicted octanol–water partition coefficient (Wildman–Crippen LogP) is 2.94. The van der Waals surface area contributed by atoms with Gasteiger partial charge in [-0.05, 0) is 43.7 Å². The number of carbonyl (C=O) groups excluding carboxylic acids is 1. The highest BCUT2D eigenvalue weighted by molar-refractivity contribution is 7.99. The van der Waals surface area contributed by atoms with E-state index >= 15 is 0 Å². The van der Waals surface area contributed by atoms with E-state index in [1.807, 2.05) is 11.2 Å². The van der Waals surface area contributed by atoms with Crippen LogP contribution in [0.2, 0.25) is 0 Å². The highest BCUT2D eigenvalue weighted by Gasteiger charge is 2.26. The van der Waals surface area contributed by atoms with Crippen LogP contribution in [0.1, 0.15) is 30.1 Å². The number of imidazole rings is 1. The lowest BCUT2D eigenvalue weighted by Gasteiger charge is -2.31. The second-order valence-corrected chi connectivity index (χ2v) is 6.62. The number of aromatic amines is 1. The molecule has 0 spiro atoms. The fraction of sp³-hybridized carbons (Fsp3) is 0.500. The van der Waals surface area contributed by atoms with Gasteiger partial charge < -0.3 is 9.88 Å². The summed E-state index contributed by atoms with van der Waals surface area (Å²) in [7, 11) is 0. The molecule has 1 aliphatic rings. The van der Waals surface area contributed by atoms with Gasteiger partial charge in [-0.25, -0.2) is 4.98 Å². The van der Waals surface area contributed by atoms with Gasteiger partial charge in [0.05, 0.1) is 16.8 Å². The van der Waals surface area contributed by atoms with Gasteiger partial charge in [-0.1, -0.05) is 6.07 Å². The quantitative estimate of drug-likeness (QED) is 0.948. The Kier molecular flexibility index (Phi) is 4.19. The van der Waals surface area contributed by atoms with Crippen LogP contribution in [0, 0.1) is 6.92 Å². The van der Waals surface area contributed by atoms with Gasteiger partial charge in [0.1, 0.15) is 5.82 Å². The molecule has 0 bridgehead atoms. The summed E-state index contributed by atoms with van der Waals surface area (Å²) in [6.07, 6.45) is 4.13. The number of aromatic nitrogens is 2. The van der Waals surface area contributed by atoms with Crippen LogP contribution in [-0.4, -0.2) is 45.9 Å². The first-order valence-electron chi connectivity index (χ1n) is 7.40. The molecule has 112 valence electrons. The SMILES string of the molecule is CSCC(=O)N1CCC[C@H](c2nc3ccc(C)cc3[nH]2)C1. The molecule has 0 aliphatic carbocycles. The van der Waals surface area contributed by atoms with Crippen molar-refractivity contribution < 1.29 is 4.79 Å². The van der Waals surface area contributed by atoms with Crippen LogP contribution in [0.3, 0.4) is 0 Å². The molecule has 0 radical (unpaired) electrons. The monoisotopic (exact) mass is 303 g/mol. The topological polar surface area (TPSA) is 49.0 Å². The van der Waals surface area contributed by atoms with Gasteiger partial charge in [0.15, 0.2) is 0 Å². The van der Waals surface area contributed by atoms with Crippen LogP contribution in [0.25, 0.3) is 11.0 Å². The molecule has 1 amide bonds. The standard InChI is InChI=1S/C16H21N3OS/c1-11-5-6-13-14(8-11)18-16(17-13)12-4-3-7-19(9-12)15(20)10-21-2/h5-6,8,12H,3-4,7,9-10H2,1-2H3,(H,17,18)/t12-/m0/s1. The van der Waals surface area contributed by atoms with E-state index in [1.165, 1.54) is 5.56 Å². The summed E-state index contributed by atoms with van der Waals surface area (Å²) in [5.41, 5.74) is 3.35. The molecule has 2 heterocycles. The Balaban J connectivity index is 1.79. The third-order valence-corrected chi connectivity index (χ3v) is 4.62. The molecule has 4 nitrogen and oxygen atoms in total. The van der Waals surface area contributed by atoms with Crippen molar-refractivity contribution in [3.05, 3.63) is 29.6 Å². The Hall–Kier alpha value is -1.49. The van der Waals surface area contributed by atoms with E-state index in [9.17, 15) is 4.79 Å². The second-order valence-electron chi connectivity index (χ2n) is 5.75. The van der Waals surface area contributed by atoms with E-state index in [2.05, 4.69) is 30.1 Å². The molecule has 1 aromatic carbocycles. The number of H-pyrrole nitrogens is 1. The highest BCUT2D eigenvalue weighted by Crippen LogP contribution is 2.27. The molecule has 1 N–H and O–H groups in total. The number of rotatable bonds is 3. The van der Waals surface area contributed by atoms with Crippen LogP contribution in [0.5, 0.6) is 0 Å². The van der Waals surface area contributed by atoms with Gasteiger partial charge >= 0.3 is 0 Å². The van der Waals surface area contributed by atoms with Crippen LogP contribution < -0.4 is 0 Å². The Morgan fingerprint density at radius 1 is 1.52 bits per heavy atom. The van der Waals surface area contributed by atoms with E-state index < -0.39 is 0 Å². The van der Waals surface area contributed by atoms with E-state index in [-0.39, 0.29) is 5.91 Å². The zero-order valence-electron chi connectivity index (χ0n) is 12.6. The molecule has 1 fully saturated rings. The molecule has 1 saturated heterocycles. The average Bonchev–Trinajstić information content (AvgIpc) is 2.90. The summed E-state index contributed by atoms with van der Waals surface area (Å²) in [6, 6.07) is 6.28. The molecule has 3 rings (SSSR count). The average molecular weight is 303 g/mol. The molecule has 1 atom stereocenters. The minimum atomic E-state index is 0.249. The fourth-order valence-corrected chi connectivity index (χ4v) is 3.41. The van der Waals surface area contributed by atoms with Crippen LogP contribution in [0.4, 0.5) is 0 Å². The summed E-state index contributed by atoms with van der Waals surface area (Å²) in [5.74, 6) is 2.18. The Morgan fingerprint density at radius 3 is 3.19 bits per heavy atom. The maximum Gasteiger partial charge on any atom is 0.232 e. The number of thioether (sulfide) groups is 1. The van der Waals surface area contributed by atoms with Crippen molar-refractivity contribution in [2.45, 2.75) is 25.7 Å². The first-order valence-corrected chi connectivity index (χ1v) is 8.79. The largest absolute Gasteiger partial charge is 0.342 e. The number of likely N-dealkylation sites (tertiary alicyclic amines) is 1. The van der Waals surface area contributed by atoms with Crippen LogP contribution in [0.15, 0.2) is 18.2 Å². The number of piperidine rings is 1. The summed E-state index contributed by atoms with van der Waals surface area (Å²) >= 11 is 1.59. The summed E-state index contributed by atoms with van der Waals surface area (Å²) in [5, 5.41) is 0. The lowest BCUT2D eigenvalue weighted by atomic mass is 9.97. The Labute approximate surface area is 129 Å².